The van der Waals surface area contributed by atoms with Crippen molar-refractivity contribution in [2.24, 2.45) is 0 Å². The first-order valence-electron chi connectivity index (χ1n) is 7.91. The highest BCUT2D eigenvalue weighted by atomic mass is 16.6. The van der Waals surface area contributed by atoms with E-state index < -0.39 is 34.8 Å². The summed E-state index contributed by atoms with van der Waals surface area (Å²) in [5.74, 6) is -3.44. The number of phenols is 3. The third kappa shape index (κ3) is 2.69. The van der Waals surface area contributed by atoms with Crippen LogP contribution >= 0.6 is 0 Å². The van der Waals surface area contributed by atoms with Crippen molar-refractivity contribution in [1.82, 2.24) is 0 Å². The summed E-state index contributed by atoms with van der Waals surface area (Å²) in [5.41, 5.74) is -0.489. The molecule has 0 radical (unpaired) electrons. The SMILES string of the molecule is C=C(O/C(O)=C/C)c1c(C)cc(O)c2c1C(=O)c1cc(O)cc(O)c1C2=O. The summed E-state index contributed by atoms with van der Waals surface area (Å²) in [6.07, 6.45) is 1.27. The number of hydrogen-bond acceptors (Lipinski definition) is 7. The maximum absolute atomic E-state index is 13.1. The van der Waals surface area contributed by atoms with Crippen LogP contribution in [0.3, 0.4) is 0 Å². The molecule has 0 saturated heterocycles. The average molecular weight is 368 g/mol. The summed E-state index contributed by atoms with van der Waals surface area (Å²) in [6, 6.07) is 3.27. The molecule has 0 aliphatic heterocycles. The van der Waals surface area contributed by atoms with Crippen LogP contribution in [0.1, 0.15) is 49.9 Å². The second-order valence-corrected chi connectivity index (χ2v) is 6.04. The van der Waals surface area contributed by atoms with Gasteiger partial charge in [-0.15, -0.1) is 0 Å². The number of aliphatic hydroxyl groups excluding tert-OH is 1. The first-order chi connectivity index (χ1) is 12.7. The van der Waals surface area contributed by atoms with Crippen LogP contribution in [0.25, 0.3) is 5.76 Å². The largest absolute Gasteiger partial charge is 0.508 e. The maximum atomic E-state index is 13.1. The van der Waals surface area contributed by atoms with Crippen molar-refractivity contribution < 1.29 is 34.8 Å². The van der Waals surface area contributed by atoms with Crippen molar-refractivity contribution in [3.63, 3.8) is 0 Å². The van der Waals surface area contributed by atoms with Gasteiger partial charge < -0.3 is 25.2 Å². The average Bonchev–Trinajstić information content (AvgIpc) is 2.57. The standard InChI is InChI=1S/C20H16O7/c1-4-14(24)27-9(3)15-8(2)5-12(22)17-18(15)19(25)11-6-10(21)7-13(23)16(11)20(17)26/h4-7,21-24H,3H2,1-2H3/b14-4+. The van der Waals surface area contributed by atoms with E-state index in [2.05, 4.69) is 6.58 Å². The Bertz CT molecular complexity index is 1060. The number of fused-ring (bicyclic) bond motifs is 2. The molecular weight excluding hydrogens is 352 g/mol. The van der Waals surface area contributed by atoms with E-state index in [1.807, 2.05) is 0 Å². The highest BCUT2D eigenvalue weighted by Crippen LogP contribution is 2.42. The predicted octanol–water partition coefficient (Wildman–Crippen LogP) is 3.29. The molecule has 1 aliphatic rings. The molecule has 0 amide bonds. The lowest BCUT2D eigenvalue weighted by Gasteiger charge is -2.24. The van der Waals surface area contributed by atoms with Crippen LogP contribution in [0.15, 0.2) is 36.8 Å². The van der Waals surface area contributed by atoms with Crippen LogP contribution in [0.5, 0.6) is 17.2 Å². The molecule has 0 fully saturated rings. The zero-order valence-corrected chi connectivity index (χ0v) is 14.5. The van der Waals surface area contributed by atoms with E-state index >= 15 is 0 Å². The molecule has 0 unspecified atom stereocenters. The maximum Gasteiger partial charge on any atom is 0.277 e. The van der Waals surface area contributed by atoms with E-state index in [1.165, 1.54) is 19.1 Å². The molecular formula is C20H16O7. The molecule has 0 saturated carbocycles. The molecule has 0 spiro atoms. The van der Waals surface area contributed by atoms with Gasteiger partial charge in [-0.25, -0.2) is 0 Å². The van der Waals surface area contributed by atoms with Gasteiger partial charge in [0.25, 0.3) is 5.95 Å². The van der Waals surface area contributed by atoms with Gasteiger partial charge in [-0.1, -0.05) is 6.58 Å². The minimum absolute atomic E-state index is 0.103. The quantitative estimate of drug-likeness (QED) is 0.523. The summed E-state index contributed by atoms with van der Waals surface area (Å²) < 4.78 is 5.17. The molecule has 2 aromatic rings. The number of ether oxygens (including phenoxy) is 1. The Balaban J connectivity index is 2.34. The highest BCUT2D eigenvalue weighted by molar-refractivity contribution is 6.31. The number of ketones is 2. The van der Waals surface area contributed by atoms with Crippen molar-refractivity contribution in [3.05, 3.63) is 70.2 Å². The number of carbonyl (C=O) groups is 2. The lowest BCUT2D eigenvalue weighted by Crippen LogP contribution is -2.23. The zero-order valence-electron chi connectivity index (χ0n) is 14.5. The minimum Gasteiger partial charge on any atom is -0.508 e. The van der Waals surface area contributed by atoms with Crippen LogP contribution < -0.4 is 0 Å². The van der Waals surface area contributed by atoms with Crippen LogP contribution in [0.2, 0.25) is 0 Å². The summed E-state index contributed by atoms with van der Waals surface area (Å²) in [6.45, 7) is 6.79. The number of aliphatic hydroxyl groups is 1. The number of rotatable bonds is 3. The van der Waals surface area contributed by atoms with Gasteiger partial charge in [0, 0.05) is 22.8 Å². The fourth-order valence-electron chi connectivity index (χ4n) is 3.14. The van der Waals surface area contributed by atoms with E-state index in [0.717, 1.165) is 12.1 Å². The molecule has 4 N–H and O–H groups in total. The fourth-order valence-corrected chi connectivity index (χ4v) is 3.14. The third-order valence-electron chi connectivity index (χ3n) is 4.29. The Labute approximate surface area is 154 Å². The van der Waals surface area contributed by atoms with E-state index in [-0.39, 0.29) is 33.6 Å². The number of allylic oxidation sites excluding steroid dienone is 1. The van der Waals surface area contributed by atoms with E-state index in [4.69, 9.17) is 4.74 Å². The second kappa shape index (κ2) is 6.21. The first kappa shape index (κ1) is 18.1. The monoisotopic (exact) mass is 368 g/mol. The van der Waals surface area contributed by atoms with Gasteiger partial charge in [-0.05, 0) is 37.6 Å². The Kier molecular flexibility index (Phi) is 4.15. The Morgan fingerprint density at radius 3 is 2.26 bits per heavy atom. The van der Waals surface area contributed by atoms with E-state index in [9.17, 15) is 30.0 Å². The lowest BCUT2D eigenvalue weighted by molar-refractivity contribution is 0.0973. The molecule has 27 heavy (non-hydrogen) atoms. The molecule has 1 aliphatic carbocycles. The fraction of sp³-hybridized carbons (Fsp3) is 0.100. The topological polar surface area (TPSA) is 124 Å². The summed E-state index contributed by atoms with van der Waals surface area (Å²) in [4.78, 5) is 26.0. The van der Waals surface area contributed by atoms with E-state index in [0.29, 0.717) is 5.56 Å². The van der Waals surface area contributed by atoms with Crippen molar-refractivity contribution in [2.75, 3.05) is 0 Å². The molecule has 0 heterocycles. The summed E-state index contributed by atoms with van der Waals surface area (Å²) in [7, 11) is 0. The highest BCUT2D eigenvalue weighted by Gasteiger charge is 2.38. The number of aromatic hydroxyl groups is 3. The van der Waals surface area contributed by atoms with Gasteiger partial charge in [-0.2, -0.15) is 0 Å². The van der Waals surface area contributed by atoms with Gasteiger partial charge in [0.15, 0.2) is 5.78 Å². The minimum atomic E-state index is -0.779. The molecule has 0 atom stereocenters. The molecule has 138 valence electrons. The number of hydrogen-bond donors (Lipinski definition) is 4. The van der Waals surface area contributed by atoms with Crippen LogP contribution in [-0.2, 0) is 4.74 Å². The first-order valence-corrected chi connectivity index (χ1v) is 7.91. The van der Waals surface area contributed by atoms with Gasteiger partial charge in [0.05, 0.1) is 11.1 Å². The number of benzene rings is 2. The van der Waals surface area contributed by atoms with Gasteiger partial charge in [0.1, 0.15) is 23.0 Å². The van der Waals surface area contributed by atoms with Gasteiger partial charge in [0.2, 0.25) is 5.78 Å². The summed E-state index contributed by atoms with van der Waals surface area (Å²) in [5, 5.41) is 39.6. The Morgan fingerprint density at radius 1 is 1.00 bits per heavy atom. The normalized spacial score (nSPS) is 13.2. The van der Waals surface area contributed by atoms with Gasteiger partial charge in [-0.3, -0.25) is 9.59 Å². The smallest absolute Gasteiger partial charge is 0.277 e. The lowest BCUT2D eigenvalue weighted by atomic mass is 9.79. The van der Waals surface area contributed by atoms with Crippen molar-refractivity contribution >= 4 is 17.3 Å². The summed E-state index contributed by atoms with van der Waals surface area (Å²) >= 11 is 0. The third-order valence-corrected chi connectivity index (χ3v) is 4.29. The number of phenolic OH excluding ortho intramolecular Hbond substituents is 3. The molecule has 3 rings (SSSR count). The molecule has 2 aromatic carbocycles. The second-order valence-electron chi connectivity index (χ2n) is 6.04. The van der Waals surface area contributed by atoms with Crippen molar-refractivity contribution in [3.8, 4) is 17.2 Å². The molecule has 0 aromatic heterocycles. The van der Waals surface area contributed by atoms with E-state index in [1.54, 1.807) is 6.92 Å². The molecule has 7 heteroatoms. The zero-order chi connectivity index (χ0) is 20.0. The number of aryl methyl sites for hydroxylation is 1. The number of carbonyl (C=O) groups excluding carboxylic acids is 2. The van der Waals surface area contributed by atoms with Crippen LogP contribution in [0, 0.1) is 6.92 Å². The van der Waals surface area contributed by atoms with Crippen LogP contribution in [-0.4, -0.2) is 32.0 Å². The van der Waals surface area contributed by atoms with Crippen molar-refractivity contribution in [1.29, 1.82) is 0 Å². The Hall–Kier alpha value is -3.74. The van der Waals surface area contributed by atoms with Crippen LogP contribution in [0.4, 0.5) is 0 Å². The van der Waals surface area contributed by atoms with Gasteiger partial charge >= 0.3 is 0 Å². The molecule has 7 nitrogen and oxygen atoms in total. The van der Waals surface area contributed by atoms with Crippen molar-refractivity contribution in [2.45, 2.75) is 13.8 Å². The Morgan fingerprint density at radius 2 is 1.63 bits per heavy atom. The predicted molar refractivity (Wildman–Crippen MR) is 96.0 cm³/mol. The molecule has 0 bridgehead atoms.